The second-order valence-corrected chi connectivity index (χ2v) is 2.33. The number of allylic oxidation sites excluding steroid dienone is 2. The first kappa shape index (κ1) is 10.9. The molecule has 0 saturated carbocycles. The van der Waals surface area contributed by atoms with Crippen molar-refractivity contribution in [2.45, 2.75) is 19.8 Å². The lowest BCUT2D eigenvalue weighted by Gasteiger charge is -1.99. The number of rotatable bonds is 4. The molecular weight excluding hydrogens is 154 g/mol. The number of hydrogen-bond acceptors (Lipinski definition) is 3. The number of methoxy groups -OCH3 is 1. The molecule has 0 unspecified atom stereocenters. The predicted molar refractivity (Wildman–Crippen MR) is 49.4 cm³/mol. The zero-order valence-electron chi connectivity index (χ0n) is 7.83. The van der Waals surface area contributed by atoms with Crippen LogP contribution >= 0.6 is 0 Å². The number of hydrogen-bond donors (Lipinski definition) is 0. The Hall–Kier alpha value is -1.12. The minimum atomic E-state index is -0.182. The quantitative estimate of drug-likeness (QED) is 0.473. The lowest BCUT2D eigenvalue weighted by Crippen LogP contribution is -2.00. The number of carbonyl (C=O) groups is 1. The molecule has 0 radical (unpaired) electrons. The van der Waals surface area contributed by atoms with E-state index < -0.39 is 0 Å². The van der Waals surface area contributed by atoms with E-state index in [0.29, 0.717) is 12.8 Å². The molecule has 0 aliphatic carbocycles. The van der Waals surface area contributed by atoms with Crippen LogP contribution in [-0.2, 0) is 9.53 Å². The molecule has 0 heterocycles. The highest BCUT2D eigenvalue weighted by atomic mass is 16.5. The smallest absolute Gasteiger partial charge is 0.305 e. The molecule has 12 heavy (non-hydrogen) atoms. The first-order chi connectivity index (χ1) is 5.74. The number of nitrogens with zero attached hydrogens (tertiary/aromatic N) is 1. The van der Waals surface area contributed by atoms with Gasteiger partial charge in [-0.2, -0.15) is 0 Å². The van der Waals surface area contributed by atoms with E-state index in [0.717, 1.165) is 5.57 Å². The summed E-state index contributed by atoms with van der Waals surface area (Å²) < 4.78 is 4.51. The number of carbonyl (C=O) groups excluding carboxylic acids is 1. The van der Waals surface area contributed by atoms with Crippen LogP contribution in [0.5, 0.6) is 0 Å². The summed E-state index contributed by atoms with van der Waals surface area (Å²) in [5, 5.41) is 0. The molecule has 0 spiro atoms. The number of aliphatic imine (C=N–C) groups is 1. The van der Waals surface area contributed by atoms with Crippen LogP contribution < -0.4 is 0 Å². The van der Waals surface area contributed by atoms with E-state index in [1.807, 2.05) is 13.0 Å². The lowest BCUT2D eigenvalue weighted by molar-refractivity contribution is -0.140. The van der Waals surface area contributed by atoms with Crippen molar-refractivity contribution < 1.29 is 9.53 Å². The van der Waals surface area contributed by atoms with Gasteiger partial charge < -0.3 is 4.74 Å². The third-order valence-electron chi connectivity index (χ3n) is 1.51. The van der Waals surface area contributed by atoms with Crippen LogP contribution in [0.4, 0.5) is 0 Å². The molecule has 0 aliphatic heterocycles. The Labute approximate surface area is 73.1 Å². The maximum Gasteiger partial charge on any atom is 0.305 e. The van der Waals surface area contributed by atoms with Gasteiger partial charge in [0.05, 0.1) is 7.11 Å². The first-order valence-corrected chi connectivity index (χ1v) is 3.88. The third kappa shape index (κ3) is 4.66. The topological polar surface area (TPSA) is 38.7 Å². The Bertz CT molecular complexity index is 195. The fourth-order valence-electron chi connectivity index (χ4n) is 0.798. The molecule has 0 amide bonds. The van der Waals surface area contributed by atoms with Gasteiger partial charge in [0.25, 0.3) is 0 Å². The molecule has 0 fully saturated rings. The molecule has 0 N–H and O–H groups in total. The van der Waals surface area contributed by atoms with E-state index in [1.54, 1.807) is 13.3 Å². The van der Waals surface area contributed by atoms with Crippen LogP contribution in [0.1, 0.15) is 19.8 Å². The second kappa shape index (κ2) is 6.58. The molecule has 0 rings (SSSR count). The van der Waals surface area contributed by atoms with Crippen LogP contribution in [0.2, 0.25) is 0 Å². The van der Waals surface area contributed by atoms with Crippen LogP contribution in [-0.4, -0.2) is 26.3 Å². The first-order valence-electron chi connectivity index (χ1n) is 3.88. The van der Waals surface area contributed by atoms with Crippen molar-refractivity contribution in [1.82, 2.24) is 0 Å². The van der Waals surface area contributed by atoms with Gasteiger partial charge in [-0.3, -0.25) is 9.79 Å². The number of ether oxygens (including phenoxy) is 1. The highest BCUT2D eigenvalue weighted by Gasteiger charge is 2.00. The summed E-state index contributed by atoms with van der Waals surface area (Å²) in [6, 6.07) is 0. The molecule has 3 nitrogen and oxygen atoms in total. The van der Waals surface area contributed by atoms with Gasteiger partial charge in [-0.05, 0) is 18.9 Å². The Morgan fingerprint density at radius 3 is 2.58 bits per heavy atom. The Morgan fingerprint density at radius 2 is 2.17 bits per heavy atom. The molecule has 0 atom stereocenters. The van der Waals surface area contributed by atoms with Crippen molar-refractivity contribution in [2.75, 3.05) is 14.2 Å². The molecule has 68 valence electrons. The summed E-state index contributed by atoms with van der Waals surface area (Å²) in [5.41, 5.74) is 1.06. The van der Waals surface area contributed by atoms with E-state index in [9.17, 15) is 4.79 Å². The van der Waals surface area contributed by atoms with Crippen molar-refractivity contribution in [1.29, 1.82) is 0 Å². The average Bonchev–Trinajstić information content (AvgIpc) is 2.11. The van der Waals surface area contributed by atoms with Crippen molar-refractivity contribution in [3.05, 3.63) is 11.6 Å². The Morgan fingerprint density at radius 1 is 1.50 bits per heavy atom. The van der Waals surface area contributed by atoms with Gasteiger partial charge in [-0.15, -0.1) is 0 Å². The van der Waals surface area contributed by atoms with Gasteiger partial charge in [0.1, 0.15) is 0 Å². The summed E-state index contributed by atoms with van der Waals surface area (Å²) in [4.78, 5) is 14.6. The van der Waals surface area contributed by atoms with Gasteiger partial charge in [0, 0.05) is 19.7 Å². The SMILES string of the molecule is CC=C(C=NC)CCC(=O)OC. The lowest BCUT2D eigenvalue weighted by atomic mass is 10.1. The van der Waals surface area contributed by atoms with Crippen molar-refractivity contribution >= 4 is 12.2 Å². The highest BCUT2D eigenvalue weighted by molar-refractivity contribution is 5.80. The van der Waals surface area contributed by atoms with Gasteiger partial charge >= 0.3 is 5.97 Å². The summed E-state index contributed by atoms with van der Waals surface area (Å²) >= 11 is 0. The van der Waals surface area contributed by atoms with Crippen LogP contribution in [0.15, 0.2) is 16.6 Å². The van der Waals surface area contributed by atoms with Gasteiger partial charge in [-0.1, -0.05) is 6.08 Å². The second-order valence-electron chi connectivity index (χ2n) is 2.33. The minimum absolute atomic E-state index is 0.182. The van der Waals surface area contributed by atoms with Gasteiger partial charge in [-0.25, -0.2) is 0 Å². The summed E-state index contributed by atoms with van der Waals surface area (Å²) in [7, 11) is 3.10. The van der Waals surface area contributed by atoms with Crippen molar-refractivity contribution in [3.63, 3.8) is 0 Å². The minimum Gasteiger partial charge on any atom is -0.469 e. The normalized spacial score (nSPS) is 12.1. The third-order valence-corrected chi connectivity index (χ3v) is 1.51. The van der Waals surface area contributed by atoms with E-state index in [-0.39, 0.29) is 5.97 Å². The van der Waals surface area contributed by atoms with E-state index in [4.69, 9.17) is 0 Å². The van der Waals surface area contributed by atoms with Crippen LogP contribution in [0.3, 0.4) is 0 Å². The van der Waals surface area contributed by atoms with Gasteiger partial charge in [0.2, 0.25) is 0 Å². The Kier molecular flexibility index (Phi) is 5.97. The fourth-order valence-corrected chi connectivity index (χ4v) is 0.798. The molecule has 0 aromatic rings. The molecule has 0 saturated heterocycles. The monoisotopic (exact) mass is 169 g/mol. The zero-order valence-corrected chi connectivity index (χ0v) is 7.83. The molecule has 0 bridgehead atoms. The van der Waals surface area contributed by atoms with Crippen LogP contribution in [0, 0.1) is 0 Å². The standard InChI is InChI=1S/C9H15NO2/c1-4-8(7-10-2)5-6-9(11)12-3/h4,7H,5-6H2,1-3H3. The fraction of sp³-hybridized carbons (Fsp3) is 0.556. The Balaban J connectivity index is 3.82. The largest absolute Gasteiger partial charge is 0.469 e. The molecule has 0 aromatic heterocycles. The van der Waals surface area contributed by atoms with Crippen LogP contribution in [0.25, 0.3) is 0 Å². The summed E-state index contributed by atoms with van der Waals surface area (Å²) in [5.74, 6) is -0.182. The van der Waals surface area contributed by atoms with Crippen molar-refractivity contribution in [2.24, 2.45) is 4.99 Å². The summed E-state index contributed by atoms with van der Waals surface area (Å²) in [6.07, 6.45) is 4.81. The molecule has 0 aromatic carbocycles. The van der Waals surface area contributed by atoms with E-state index >= 15 is 0 Å². The highest BCUT2D eigenvalue weighted by Crippen LogP contribution is 2.02. The number of esters is 1. The summed E-state index contributed by atoms with van der Waals surface area (Å²) in [6.45, 7) is 1.92. The average molecular weight is 169 g/mol. The van der Waals surface area contributed by atoms with E-state index in [2.05, 4.69) is 9.73 Å². The molecule has 3 heteroatoms. The molecular formula is C9H15NO2. The maximum atomic E-state index is 10.7. The van der Waals surface area contributed by atoms with Crippen molar-refractivity contribution in [3.8, 4) is 0 Å². The van der Waals surface area contributed by atoms with Gasteiger partial charge in [0.15, 0.2) is 0 Å². The maximum absolute atomic E-state index is 10.7. The van der Waals surface area contributed by atoms with E-state index in [1.165, 1.54) is 7.11 Å². The zero-order chi connectivity index (χ0) is 9.40. The molecule has 0 aliphatic rings. The predicted octanol–water partition coefficient (Wildman–Crippen LogP) is 1.59.